The van der Waals surface area contributed by atoms with E-state index in [9.17, 15) is 32.3 Å². The molecule has 0 aromatic heterocycles. The maximum absolute atomic E-state index is 14.5. The molecule has 0 spiro atoms. The van der Waals surface area contributed by atoms with Gasteiger partial charge in [-0.15, -0.1) is 0 Å². The van der Waals surface area contributed by atoms with Gasteiger partial charge in [0, 0.05) is 32.7 Å². The van der Waals surface area contributed by atoms with Crippen molar-refractivity contribution in [2.24, 2.45) is 5.92 Å². The Hall–Kier alpha value is -2.85. The molecule has 6 nitrogen and oxygen atoms in total. The molecule has 0 radical (unpaired) electrons. The lowest BCUT2D eigenvalue weighted by Gasteiger charge is -2.38. The Balaban J connectivity index is 1.48. The maximum atomic E-state index is 14.5. The third-order valence-electron chi connectivity index (χ3n) is 6.71. The second kappa shape index (κ2) is 12.3. The summed E-state index contributed by atoms with van der Waals surface area (Å²) >= 11 is 6.14. The van der Waals surface area contributed by atoms with E-state index in [0.29, 0.717) is 30.6 Å². The number of nitrogens with zero attached hydrogens (tertiary/aromatic N) is 2. The minimum Gasteiger partial charge on any atom is -0.491 e. The minimum absolute atomic E-state index is 0.0266. The zero-order chi connectivity index (χ0) is 28.1. The highest BCUT2D eigenvalue weighted by Gasteiger charge is 2.62. The first-order valence-corrected chi connectivity index (χ1v) is 12.6. The molecule has 1 aliphatic heterocycles. The van der Waals surface area contributed by atoms with E-state index in [-0.39, 0.29) is 43.0 Å². The molecule has 38 heavy (non-hydrogen) atoms. The van der Waals surface area contributed by atoms with Gasteiger partial charge >= 0.3 is 6.18 Å². The van der Waals surface area contributed by atoms with Gasteiger partial charge in [-0.25, -0.2) is 4.39 Å². The van der Waals surface area contributed by atoms with Crippen molar-refractivity contribution in [3.05, 3.63) is 64.7 Å². The van der Waals surface area contributed by atoms with E-state index in [0.717, 1.165) is 17.0 Å². The minimum atomic E-state index is -5.18. The highest BCUT2D eigenvalue weighted by Crippen LogP contribution is 2.41. The number of carbonyl (C=O) groups is 2. The van der Waals surface area contributed by atoms with Gasteiger partial charge in [-0.05, 0) is 49.8 Å². The van der Waals surface area contributed by atoms with Crippen LogP contribution in [0.4, 0.5) is 17.6 Å². The van der Waals surface area contributed by atoms with Crippen LogP contribution in [-0.4, -0.2) is 72.9 Å². The number of halogens is 5. The molecule has 2 aromatic rings. The van der Waals surface area contributed by atoms with Crippen LogP contribution in [0.15, 0.2) is 48.5 Å². The topological polar surface area (TPSA) is 70.1 Å². The van der Waals surface area contributed by atoms with Crippen molar-refractivity contribution < 1.29 is 37.0 Å². The summed E-state index contributed by atoms with van der Waals surface area (Å²) in [5, 5.41) is 10.7. The Labute approximate surface area is 224 Å². The van der Waals surface area contributed by atoms with Crippen molar-refractivity contribution in [1.82, 2.24) is 9.80 Å². The molecule has 2 amide bonds. The van der Waals surface area contributed by atoms with Crippen LogP contribution in [0.25, 0.3) is 0 Å². The fraction of sp³-hybridized carbons (Fsp3) is 0.481. The summed E-state index contributed by atoms with van der Waals surface area (Å²) in [6.07, 6.45) is -5.01. The lowest BCUT2D eigenvalue weighted by atomic mass is 9.87. The molecule has 208 valence electrons. The Bertz CT molecular complexity index is 1110. The van der Waals surface area contributed by atoms with Crippen LogP contribution in [0.5, 0.6) is 5.75 Å². The highest BCUT2D eigenvalue weighted by atomic mass is 35.5. The fourth-order valence-corrected chi connectivity index (χ4v) is 4.68. The fourth-order valence-electron chi connectivity index (χ4n) is 4.43. The van der Waals surface area contributed by atoms with Gasteiger partial charge in [-0.1, -0.05) is 41.9 Å². The lowest BCUT2D eigenvalue weighted by molar-refractivity contribution is -0.262. The SMILES string of the molecule is CN(C)C(=O)c1ccc(OCC(F)CCC2CCN(C(=O)C(O)(c3ccccc3)C(F)(F)F)CC2)cc1Cl. The lowest BCUT2D eigenvalue weighted by Crippen LogP contribution is -2.57. The van der Waals surface area contributed by atoms with Crippen LogP contribution in [0.2, 0.25) is 5.02 Å². The molecule has 1 saturated heterocycles. The van der Waals surface area contributed by atoms with Crippen LogP contribution in [0.3, 0.4) is 0 Å². The van der Waals surface area contributed by atoms with Crippen molar-refractivity contribution in [1.29, 1.82) is 0 Å². The first-order chi connectivity index (χ1) is 17.8. The molecule has 0 saturated carbocycles. The predicted octanol–water partition coefficient (Wildman–Crippen LogP) is 5.23. The van der Waals surface area contributed by atoms with Crippen LogP contribution < -0.4 is 4.74 Å². The molecule has 2 atom stereocenters. The Kier molecular flexibility index (Phi) is 9.64. The number of aliphatic hydroxyl groups is 1. The molecule has 1 heterocycles. The Morgan fingerprint density at radius 1 is 1.13 bits per heavy atom. The molecular formula is C27H31ClF4N2O4. The molecular weight excluding hydrogens is 528 g/mol. The van der Waals surface area contributed by atoms with E-state index >= 15 is 0 Å². The molecule has 2 unspecified atom stereocenters. The number of rotatable bonds is 9. The third-order valence-corrected chi connectivity index (χ3v) is 7.02. The molecule has 1 aliphatic rings. The number of carbonyl (C=O) groups excluding carboxylic acids is 2. The van der Waals surface area contributed by atoms with Crippen LogP contribution in [-0.2, 0) is 10.4 Å². The van der Waals surface area contributed by atoms with Crippen LogP contribution in [0.1, 0.15) is 41.6 Å². The number of likely N-dealkylation sites (tertiary alicyclic amines) is 1. The summed E-state index contributed by atoms with van der Waals surface area (Å²) < 4.78 is 61.4. The number of amides is 2. The zero-order valence-electron chi connectivity index (χ0n) is 21.2. The first-order valence-electron chi connectivity index (χ1n) is 12.3. The predicted molar refractivity (Wildman–Crippen MR) is 135 cm³/mol. The van der Waals surface area contributed by atoms with Gasteiger partial charge in [0.1, 0.15) is 18.5 Å². The van der Waals surface area contributed by atoms with E-state index in [1.165, 1.54) is 35.2 Å². The molecule has 1 fully saturated rings. The number of benzene rings is 2. The number of hydrogen-bond acceptors (Lipinski definition) is 4. The van der Waals surface area contributed by atoms with Gasteiger partial charge in [0.25, 0.3) is 17.4 Å². The Morgan fingerprint density at radius 2 is 1.76 bits per heavy atom. The van der Waals surface area contributed by atoms with Crippen molar-refractivity contribution in [3.8, 4) is 5.75 Å². The van der Waals surface area contributed by atoms with Gasteiger partial charge in [0.05, 0.1) is 10.6 Å². The second-order valence-electron chi connectivity index (χ2n) is 9.64. The normalized spacial score (nSPS) is 17.0. The smallest absolute Gasteiger partial charge is 0.430 e. The van der Waals surface area contributed by atoms with E-state index in [1.54, 1.807) is 20.2 Å². The molecule has 3 rings (SSSR count). The number of hydrogen-bond donors (Lipinski definition) is 1. The van der Waals surface area contributed by atoms with Gasteiger partial charge in [-0.2, -0.15) is 13.2 Å². The van der Waals surface area contributed by atoms with Crippen molar-refractivity contribution >= 4 is 23.4 Å². The summed E-state index contributed by atoms with van der Waals surface area (Å²) in [4.78, 5) is 27.3. The quantitative estimate of drug-likeness (QED) is 0.428. The second-order valence-corrected chi connectivity index (χ2v) is 10.0. The Morgan fingerprint density at radius 3 is 2.32 bits per heavy atom. The molecule has 1 N–H and O–H groups in total. The van der Waals surface area contributed by atoms with Crippen molar-refractivity contribution in [3.63, 3.8) is 0 Å². The summed E-state index contributed by atoms with van der Waals surface area (Å²) in [5.74, 6) is -1.31. The first kappa shape index (κ1) is 29.7. The monoisotopic (exact) mass is 558 g/mol. The summed E-state index contributed by atoms with van der Waals surface area (Å²) in [5.41, 5.74) is -3.84. The molecule has 2 aromatic carbocycles. The number of piperidine rings is 1. The van der Waals surface area contributed by atoms with E-state index in [4.69, 9.17) is 16.3 Å². The van der Waals surface area contributed by atoms with Crippen molar-refractivity contribution in [2.75, 3.05) is 33.8 Å². The van der Waals surface area contributed by atoms with Gasteiger partial charge < -0.3 is 19.6 Å². The zero-order valence-corrected chi connectivity index (χ0v) is 21.9. The standard InChI is InChI=1S/C27H31ClF4N2O4/c1-33(2)24(35)22-11-10-21(16-23(22)28)38-17-20(29)9-8-18-12-14-34(15-13-18)25(36)26(37,27(30,31)32)19-6-4-3-5-7-19/h3-7,10-11,16,18,20,37H,8-9,12-15,17H2,1-2H3. The maximum Gasteiger partial charge on any atom is 0.430 e. The van der Waals surface area contributed by atoms with Gasteiger partial charge in [-0.3, -0.25) is 9.59 Å². The number of alkyl halides is 4. The van der Waals surface area contributed by atoms with Gasteiger partial charge in [0.2, 0.25) is 0 Å². The van der Waals surface area contributed by atoms with E-state index in [2.05, 4.69) is 0 Å². The van der Waals surface area contributed by atoms with Gasteiger partial charge in [0.15, 0.2) is 0 Å². The van der Waals surface area contributed by atoms with Crippen LogP contribution in [0, 0.1) is 5.92 Å². The highest BCUT2D eigenvalue weighted by molar-refractivity contribution is 6.34. The average molecular weight is 559 g/mol. The molecule has 0 bridgehead atoms. The molecule has 0 aliphatic carbocycles. The summed E-state index contributed by atoms with van der Waals surface area (Å²) in [6, 6.07) is 10.8. The van der Waals surface area contributed by atoms with E-state index < -0.39 is 29.4 Å². The van der Waals surface area contributed by atoms with E-state index in [1.807, 2.05) is 0 Å². The largest absolute Gasteiger partial charge is 0.491 e. The third kappa shape index (κ3) is 6.77. The summed E-state index contributed by atoms with van der Waals surface area (Å²) in [7, 11) is 3.21. The summed E-state index contributed by atoms with van der Waals surface area (Å²) in [6.45, 7) is -0.137. The van der Waals surface area contributed by atoms with Crippen LogP contribution >= 0.6 is 11.6 Å². The number of ether oxygens (including phenoxy) is 1. The van der Waals surface area contributed by atoms with Crippen molar-refractivity contribution in [2.45, 2.75) is 43.6 Å². The molecule has 11 heteroatoms. The average Bonchev–Trinajstić information content (AvgIpc) is 2.89.